The zero-order valence-electron chi connectivity index (χ0n) is 10.2. The molecule has 0 aliphatic rings. The molecule has 0 fully saturated rings. The molecule has 0 saturated carbocycles. The van der Waals surface area contributed by atoms with Gasteiger partial charge in [0.25, 0.3) is 5.91 Å². The largest absolute Gasteiger partial charge is 0.372 e. The Hall–Kier alpha value is -2.64. The third-order valence-electron chi connectivity index (χ3n) is 2.40. The Labute approximate surface area is 111 Å². The third kappa shape index (κ3) is 2.85. The van der Waals surface area contributed by atoms with Gasteiger partial charge in [-0.25, -0.2) is 13.2 Å². The molecule has 1 amide bonds. The van der Waals surface area contributed by atoms with Crippen molar-refractivity contribution >= 4 is 17.4 Å². The molecule has 20 heavy (non-hydrogen) atoms. The zero-order valence-corrected chi connectivity index (χ0v) is 10.2. The van der Waals surface area contributed by atoms with Crippen LogP contribution in [0.15, 0.2) is 24.3 Å². The van der Waals surface area contributed by atoms with Gasteiger partial charge in [-0.15, -0.1) is 10.2 Å². The Morgan fingerprint density at radius 2 is 1.75 bits per heavy atom. The fourth-order valence-corrected chi connectivity index (χ4v) is 1.41. The van der Waals surface area contributed by atoms with Crippen molar-refractivity contribution in [3.8, 4) is 0 Å². The van der Waals surface area contributed by atoms with Gasteiger partial charge in [0.2, 0.25) is 0 Å². The van der Waals surface area contributed by atoms with Crippen LogP contribution < -0.4 is 10.6 Å². The highest BCUT2D eigenvalue weighted by atomic mass is 19.2. The van der Waals surface area contributed by atoms with Crippen LogP contribution in [0.25, 0.3) is 0 Å². The number of carbonyl (C=O) groups excluding carboxylic acids is 1. The van der Waals surface area contributed by atoms with E-state index >= 15 is 0 Å². The number of amides is 1. The highest BCUT2D eigenvalue weighted by molar-refractivity contribution is 6.02. The topological polar surface area (TPSA) is 66.9 Å². The minimum absolute atomic E-state index is 0.0471. The summed E-state index contributed by atoms with van der Waals surface area (Å²) in [6.07, 6.45) is 0. The lowest BCUT2D eigenvalue weighted by molar-refractivity contribution is 0.102. The van der Waals surface area contributed by atoms with Crippen LogP contribution in [0, 0.1) is 17.5 Å². The van der Waals surface area contributed by atoms with E-state index in [-0.39, 0.29) is 11.4 Å². The molecule has 8 heteroatoms. The molecule has 1 heterocycles. The average molecular weight is 282 g/mol. The van der Waals surface area contributed by atoms with Crippen LogP contribution >= 0.6 is 0 Å². The summed E-state index contributed by atoms with van der Waals surface area (Å²) < 4.78 is 38.7. The van der Waals surface area contributed by atoms with Crippen molar-refractivity contribution in [2.45, 2.75) is 0 Å². The molecular formula is C12H9F3N4O. The molecule has 0 unspecified atom stereocenters. The van der Waals surface area contributed by atoms with Gasteiger partial charge in [-0.1, -0.05) is 0 Å². The summed E-state index contributed by atoms with van der Waals surface area (Å²) in [5.41, 5.74) is -0.264. The van der Waals surface area contributed by atoms with Crippen LogP contribution in [0.3, 0.4) is 0 Å². The second-order valence-electron chi connectivity index (χ2n) is 3.76. The smallest absolute Gasteiger partial charge is 0.276 e. The number of benzene rings is 1. The second-order valence-corrected chi connectivity index (χ2v) is 3.76. The van der Waals surface area contributed by atoms with Crippen LogP contribution in [-0.2, 0) is 0 Å². The molecule has 1 aromatic heterocycles. The Kier molecular flexibility index (Phi) is 3.83. The minimum atomic E-state index is -1.60. The van der Waals surface area contributed by atoms with Gasteiger partial charge in [-0.2, -0.15) is 0 Å². The van der Waals surface area contributed by atoms with Gasteiger partial charge >= 0.3 is 0 Å². The van der Waals surface area contributed by atoms with Gasteiger partial charge < -0.3 is 10.6 Å². The first-order chi connectivity index (χ1) is 9.51. The van der Waals surface area contributed by atoms with Crippen molar-refractivity contribution in [1.29, 1.82) is 0 Å². The molecule has 0 saturated heterocycles. The number of hydrogen-bond donors (Lipinski definition) is 2. The summed E-state index contributed by atoms with van der Waals surface area (Å²) in [4.78, 5) is 11.7. The number of nitrogens with zero attached hydrogens (tertiary/aromatic N) is 2. The summed E-state index contributed by atoms with van der Waals surface area (Å²) >= 11 is 0. The van der Waals surface area contributed by atoms with Crippen molar-refractivity contribution in [3.63, 3.8) is 0 Å². The fraction of sp³-hybridized carbons (Fsp3) is 0.0833. The van der Waals surface area contributed by atoms with E-state index in [2.05, 4.69) is 20.8 Å². The van der Waals surface area contributed by atoms with Gasteiger partial charge in [0.05, 0.1) is 0 Å². The highest BCUT2D eigenvalue weighted by Crippen LogP contribution is 2.17. The predicted octanol–water partition coefficient (Wildman–Crippen LogP) is 2.19. The van der Waals surface area contributed by atoms with Crippen LogP contribution in [0.2, 0.25) is 0 Å². The van der Waals surface area contributed by atoms with E-state index in [4.69, 9.17) is 0 Å². The number of aromatic nitrogens is 2. The molecule has 0 spiro atoms. The Bertz CT molecular complexity index is 623. The average Bonchev–Trinajstić information content (AvgIpc) is 2.44. The highest BCUT2D eigenvalue weighted by Gasteiger charge is 2.14. The molecule has 2 N–H and O–H groups in total. The third-order valence-corrected chi connectivity index (χ3v) is 2.40. The zero-order chi connectivity index (χ0) is 14.7. The number of halogens is 3. The van der Waals surface area contributed by atoms with Crippen molar-refractivity contribution in [1.82, 2.24) is 10.2 Å². The molecular weight excluding hydrogens is 273 g/mol. The quantitative estimate of drug-likeness (QED) is 0.847. The Morgan fingerprint density at radius 1 is 1.10 bits per heavy atom. The van der Waals surface area contributed by atoms with Crippen molar-refractivity contribution in [2.24, 2.45) is 0 Å². The van der Waals surface area contributed by atoms with Gasteiger partial charge in [0, 0.05) is 24.9 Å². The lowest BCUT2D eigenvalue weighted by Crippen LogP contribution is -2.15. The molecule has 0 radical (unpaired) electrons. The standard InChI is InChI=1S/C12H9F3N4O/c1-16-10-3-2-9(18-19-10)12(20)17-6-4-7(13)11(15)8(14)5-6/h2-5H,1H3,(H,16,19)(H,17,20). The number of nitrogens with one attached hydrogen (secondary N) is 2. The summed E-state index contributed by atoms with van der Waals surface area (Å²) in [5, 5.41) is 12.2. The van der Waals surface area contributed by atoms with Crippen LogP contribution in [-0.4, -0.2) is 23.2 Å². The van der Waals surface area contributed by atoms with Gasteiger partial charge in [0.1, 0.15) is 5.82 Å². The molecule has 5 nitrogen and oxygen atoms in total. The van der Waals surface area contributed by atoms with Crippen LogP contribution in [0.4, 0.5) is 24.7 Å². The Balaban J connectivity index is 2.18. The molecule has 2 rings (SSSR count). The number of hydrogen-bond acceptors (Lipinski definition) is 4. The molecule has 104 valence electrons. The first-order valence-electron chi connectivity index (χ1n) is 5.48. The van der Waals surface area contributed by atoms with Crippen LogP contribution in [0.1, 0.15) is 10.5 Å². The van der Waals surface area contributed by atoms with E-state index < -0.39 is 23.4 Å². The van der Waals surface area contributed by atoms with E-state index in [1.54, 1.807) is 7.05 Å². The minimum Gasteiger partial charge on any atom is -0.372 e. The first-order valence-corrected chi connectivity index (χ1v) is 5.48. The normalized spacial score (nSPS) is 10.2. The summed E-state index contributed by atoms with van der Waals surface area (Å²) in [5.74, 6) is -4.64. The number of anilines is 2. The van der Waals surface area contributed by atoms with E-state index in [1.807, 2.05) is 0 Å². The maximum absolute atomic E-state index is 13.0. The van der Waals surface area contributed by atoms with Gasteiger partial charge in [-0.05, 0) is 12.1 Å². The maximum Gasteiger partial charge on any atom is 0.276 e. The van der Waals surface area contributed by atoms with E-state index in [9.17, 15) is 18.0 Å². The van der Waals surface area contributed by atoms with Gasteiger partial charge in [-0.3, -0.25) is 4.79 Å². The number of carbonyl (C=O) groups is 1. The SMILES string of the molecule is CNc1ccc(C(=O)Nc2cc(F)c(F)c(F)c2)nn1. The molecule has 1 aromatic carbocycles. The maximum atomic E-state index is 13.0. The summed E-state index contributed by atoms with van der Waals surface area (Å²) in [6.45, 7) is 0. The summed E-state index contributed by atoms with van der Waals surface area (Å²) in [6, 6.07) is 4.23. The molecule has 0 bridgehead atoms. The van der Waals surface area contributed by atoms with Crippen molar-refractivity contribution in [3.05, 3.63) is 47.4 Å². The fourth-order valence-electron chi connectivity index (χ4n) is 1.41. The van der Waals surface area contributed by atoms with Crippen molar-refractivity contribution < 1.29 is 18.0 Å². The lowest BCUT2D eigenvalue weighted by Gasteiger charge is -2.06. The molecule has 0 aliphatic carbocycles. The predicted molar refractivity (Wildman–Crippen MR) is 65.8 cm³/mol. The Morgan fingerprint density at radius 3 is 2.25 bits per heavy atom. The number of rotatable bonds is 3. The van der Waals surface area contributed by atoms with E-state index in [1.165, 1.54) is 12.1 Å². The lowest BCUT2D eigenvalue weighted by atomic mass is 10.2. The molecule has 2 aromatic rings. The monoisotopic (exact) mass is 282 g/mol. The van der Waals surface area contributed by atoms with Gasteiger partial charge in [0.15, 0.2) is 23.1 Å². The second kappa shape index (κ2) is 5.55. The summed E-state index contributed by atoms with van der Waals surface area (Å²) in [7, 11) is 1.63. The van der Waals surface area contributed by atoms with Crippen LogP contribution in [0.5, 0.6) is 0 Å². The molecule has 0 atom stereocenters. The van der Waals surface area contributed by atoms with E-state index in [0.717, 1.165) is 0 Å². The van der Waals surface area contributed by atoms with Crippen molar-refractivity contribution in [2.75, 3.05) is 17.7 Å². The molecule has 0 aliphatic heterocycles. The first kappa shape index (κ1) is 13.8. The van der Waals surface area contributed by atoms with E-state index in [0.29, 0.717) is 18.0 Å².